The number of nitro groups is 1. The van der Waals surface area contributed by atoms with Crippen molar-refractivity contribution in [3.05, 3.63) is 69.2 Å². The smallest absolute Gasteiger partial charge is 0.270 e. The van der Waals surface area contributed by atoms with Crippen molar-refractivity contribution in [2.24, 2.45) is 0 Å². The summed E-state index contributed by atoms with van der Waals surface area (Å²) >= 11 is 0. The first kappa shape index (κ1) is 23.7. The summed E-state index contributed by atoms with van der Waals surface area (Å²) in [6, 6.07) is 10.2. The second-order valence-electron chi connectivity index (χ2n) is 8.04. The third-order valence-electron chi connectivity index (χ3n) is 5.72. The van der Waals surface area contributed by atoms with Crippen LogP contribution in [0.5, 0.6) is 0 Å². The quantitative estimate of drug-likeness (QED) is 0.417. The summed E-state index contributed by atoms with van der Waals surface area (Å²) in [5.41, 5.74) is 4.06. The summed E-state index contributed by atoms with van der Waals surface area (Å²) in [6.45, 7) is 9.02. The van der Waals surface area contributed by atoms with E-state index in [0.29, 0.717) is 0 Å². The van der Waals surface area contributed by atoms with Crippen LogP contribution in [0.15, 0.2) is 36.4 Å². The van der Waals surface area contributed by atoms with E-state index in [-0.39, 0.29) is 29.2 Å². The Morgan fingerprint density at radius 3 is 2.59 bits per heavy atom. The van der Waals surface area contributed by atoms with Crippen molar-refractivity contribution in [2.45, 2.75) is 26.8 Å². The maximum absolute atomic E-state index is 14.8. The number of nitrogens with one attached hydrogen (secondary N) is 2. The topological polar surface area (TPSA) is 83.3 Å². The molecule has 0 bridgehead atoms. The van der Waals surface area contributed by atoms with E-state index in [2.05, 4.69) is 32.7 Å². The molecule has 1 aliphatic heterocycles. The number of hydrogen-bond donors (Lipinski definition) is 2. The molecule has 0 saturated carbocycles. The van der Waals surface area contributed by atoms with Crippen LogP contribution in [0.25, 0.3) is 10.9 Å². The molecule has 2 aromatic carbocycles. The zero-order valence-corrected chi connectivity index (χ0v) is 19.1. The molecule has 0 unspecified atom stereocenters. The van der Waals surface area contributed by atoms with Crippen LogP contribution < -0.4 is 15.5 Å². The molecule has 2 heterocycles. The Hall–Kier alpha value is -2.97. The largest absolute Gasteiger partial charge is 0.378 e. The summed E-state index contributed by atoms with van der Waals surface area (Å²) in [5, 5.41) is 18.9. The Morgan fingerprint density at radius 1 is 1.19 bits per heavy atom. The maximum Gasteiger partial charge on any atom is 0.270 e. The first-order chi connectivity index (χ1) is 14.8. The van der Waals surface area contributed by atoms with Crippen LogP contribution in [0.3, 0.4) is 0 Å². The van der Waals surface area contributed by atoms with Gasteiger partial charge in [-0.25, -0.2) is 4.39 Å². The van der Waals surface area contributed by atoms with Crippen molar-refractivity contribution in [2.75, 3.05) is 36.4 Å². The molecule has 4 rings (SSSR count). The predicted octanol–water partition coefficient (Wildman–Crippen LogP) is 4.90. The Bertz CT molecular complexity index is 1150. The minimum atomic E-state index is -0.492. The molecule has 1 aromatic heterocycles. The van der Waals surface area contributed by atoms with Gasteiger partial charge in [-0.2, -0.15) is 0 Å². The van der Waals surface area contributed by atoms with Crippen molar-refractivity contribution in [1.82, 2.24) is 10.3 Å². The molecule has 9 heteroatoms. The number of nitro benzene ring substituents is 1. The van der Waals surface area contributed by atoms with Gasteiger partial charge in [0.15, 0.2) is 0 Å². The number of aryl methyl sites for hydroxylation is 2. The van der Waals surface area contributed by atoms with Crippen LogP contribution in [0.2, 0.25) is 0 Å². The van der Waals surface area contributed by atoms with Crippen molar-refractivity contribution < 1.29 is 9.31 Å². The Kier molecular flexibility index (Phi) is 7.16. The molecular formula is C23H27ClFN5O2. The molecular weight excluding hydrogens is 433 g/mol. The molecule has 1 fully saturated rings. The van der Waals surface area contributed by atoms with Gasteiger partial charge in [0, 0.05) is 66.3 Å². The van der Waals surface area contributed by atoms with E-state index < -0.39 is 16.8 Å². The number of halogens is 2. The van der Waals surface area contributed by atoms with Crippen LogP contribution >= 0.6 is 12.4 Å². The van der Waals surface area contributed by atoms with Gasteiger partial charge in [0.1, 0.15) is 5.82 Å². The summed E-state index contributed by atoms with van der Waals surface area (Å²) in [7, 11) is 0. The molecule has 1 saturated heterocycles. The number of anilines is 2. The SMILES string of the molecule is Cc1cc(N[C@H](C)c2cc([N+](=O)[O-])cc(C)c2F)c2cc(N3CCNCC3)ccc2n1.Cl. The summed E-state index contributed by atoms with van der Waals surface area (Å²) in [6.07, 6.45) is 0. The molecule has 1 atom stereocenters. The number of aromatic nitrogens is 1. The minimum Gasteiger partial charge on any atom is -0.378 e. The summed E-state index contributed by atoms with van der Waals surface area (Å²) in [5.74, 6) is -0.429. The van der Waals surface area contributed by atoms with E-state index in [1.807, 2.05) is 26.0 Å². The van der Waals surface area contributed by atoms with Gasteiger partial charge < -0.3 is 15.5 Å². The Balaban J connectivity index is 0.00000289. The molecule has 32 heavy (non-hydrogen) atoms. The highest BCUT2D eigenvalue weighted by Gasteiger charge is 2.20. The van der Waals surface area contributed by atoms with E-state index in [9.17, 15) is 14.5 Å². The molecule has 0 aliphatic carbocycles. The van der Waals surface area contributed by atoms with Gasteiger partial charge in [-0.15, -0.1) is 12.4 Å². The van der Waals surface area contributed by atoms with Crippen molar-refractivity contribution in [1.29, 1.82) is 0 Å². The number of piperazine rings is 1. The van der Waals surface area contributed by atoms with Crippen molar-refractivity contribution in [3.8, 4) is 0 Å². The lowest BCUT2D eigenvalue weighted by molar-refractivity contribution is -0.385. The number of nitrogens with zero attached hydrogens (tertiary/aromatic N) is 3. The molecule has 7 nitrogen and oxygen atoms in total. The Labute approximate surface area is 192 Å². The van der Waals surface area contributed by atoms with Gasteiger partial charge >= 0.3 is 0 Å². The van der Waals surface area contributed by atoms with Gasteiger partial charge in [0.05, 0.1) is 16.5 Å². The average molecular weight is 460 g/mol. The first-order valence-electron chi connectivity index (χ1n) is 10.4. The van der Waals surface area contributed by atoms with E-state index in [0.717, 1.165) is 54.2 Å². The minimum absolute atomic E-state index is 0. The number of fused-ring (bicyclic) bond motifs is 1. The lowest BCUT2D eigenvalue weighted by Crippen LogP contribution is -2.43. The van der Waals surface area contributed by atoms with E-state index in [1.54, 1.807) is 6.92 Å². The molecule has 1 aliphatic rings. The number of rotatable bonds is 5. The third kappa shape index (κ3) is 4.76. The van der Waals surface area contributed by atoms with Crippen LogP contribution in [0, 0.1) is 29.8 Å². The average Bonchev–Trinajstić information content (AvgIpc) is 2.75. The summed E-state index contributed by atoms with van der Waals surface area (Å²) < 4.78 is 14.8. The maximum atomic E-state index is 14.8. The van der Waals surface area contributed by atoms with Crippen molar-refractivity contribution >= 4 is 40.4 Å². The molecule has 2 N–H and O–H groups in total. The molecule has 0 amide bonds. The fourth-order valence-electron chi connectivity index (χ4n) is 4.09. The van der Waals surface area contributed by atoms with Gasteiger partial charge in [-0.1, -0.05) is 0 Å². The van der Waals surface area contributed by atoms with Gasteiger partial charge in [-0.05, 0) is 50.6 Å². The fraction of sp³-hybridized carbons (Fsp3) is 0.348. The normalized spacial score (nSPS) is 14.7. The van der Waals surface area contributed by atoms with Gasteiger partial charge in [0.25, 0.3) is 5.69 Å². The molecule has 170 valence electrons. The van der Waals surface area contributed by atoms with Crippen molar-refractivity contribution in [3.63, 3.8) is 0 Å². The highest BCUT2D eigenvalue weighted by atomic mass is 35.5. The van der Waals surface area contributed by atoms with E-state index in [1.165, 1.54) is 12.1 Å². The predicted molar refractivity (Wildman–Crippen MR) is 129 cm³/mol. The number of benzene rings is 2. The van der Waals surface area contributed by atoms with E-state index in [4.69, 9.17) is 0 Å². The monoisotopic (exact) mass is 459 g/mol. The van der Waals surface area contributed by atoms with Crippen LogP contribution in [0.4, 0.5) is 21.5 Å². The molecule has 0 radical (unpaired) electrons. The van der Waals surface area contributed by atoms with Gasteiger partial charge in [0.2, 0.25) is 0 Å². The molecule has 3 aromatic rings. The highest BCUT2D eigenvalue weighted by molar-refractivity contribution is 5.94. The fourth-order valence-corrected chi connectivity index (χ4v) is 4.09. The summed E-state index contributed by atoms with van der Waals surface area (Å²) in [4.78, 5) is 17.7. The van der Waals surface area contributed by atoms with Crippen LogP contribution in [-0.2, 0) is 0 Å². The van der Waals surface area contributed by atoms with Gasteiger partial charge in [-0.3, -0.25) is 15.1 Å². The molecule has 0 spiro atoms. The lowest BCUT2D eigenvalue weighted by atomic mass is 10.0. The van der Waals surface area contributed by atoms with Crippen LogP contribution in [-0.4, -0.2) is 36.1 Å². The zero-order chi connectivity index (χ0) is 22.1. The van der Waals surface area contributed by atoms with Crippen LogP contribution in [0.1, 0.15) is 29.8 Å². The number of non-ortho nitro benzene ring substituents is 1. The first-order valence-corrected chi connectivity index (χ1v) is 10.4. The standard InChI is InChI=1S/C23H26FN5O2.ClH/c1-14-10-18(29(30)31)13-19(23(14)24)16(3)27-22-11-15(2)26-21-5-4-17(12-20(21)22)28-8-6-25-7-9-28;/h4-5,10-13,16,25H,6-9H2,1-3H3,(H,26,27);1H/t16-;/m1./s1. The number of pyridine rings is 1. The number of hydrogen-bond acceptors (Lipinski definition) is 6. The highest BCUT2D eigenvalue weighted by Crippen LogP contribution is 2.33. The lowest BCUT2D eigenvalue weighted by Gasteiger charge is -2.30. The second kappa shape index (κ2) is 9.67. The zero-order valence-electron chi connectivity index (χ0n) is 18.3. The second-order valence-corrected chi connectivity index (χ2v) is 8.04. The van der Waals surface area contributed by atoms with E-state index >= 15 is 0 Å². The third-order valence-corrected chi connectivity index (χ3v) is 5.72. The Morgan fingerprint density at radius 2 is 1.91 bits per heavy atom.